The summed E-state index contributed by atoms with van der Waals surface area (Å²) in [6.07, 6.45) is 1.85. The lowest BCUT2D eigenvalue weighted by atomic mass is 9.97. The Labute approximate surface area is 100 Å². The zero-order valence-corrected chi connectivity index (χ0v) is 9.59. The van der Waals surface area contributed by atoms with Crippen molar-refractivity contribution < 1.29 is 0 Å². The van der Waals surface area contributed by atoms with Gasteiger partial charge >= 0.3 is 0 Å². The third kappa shape index (κ3) is 1.80. The first-order chi connectivity index (χ1) is 8.34. The number of nitrogens with one attached hydrogen (secondary N) is 1. The van der Waals surface area contributed by atoms with Crippen LogP contribution in [0, 0.1) is 6.92 Å². The first-order valence-corrected chi connectivity index (χ1v) is 5.66. The minimum atomic E-state index is 0.0519. The molecule has 0 saturated carbocycles. The van der Waals surface area contributed by atoms with E-state index in [4.69, 9.17) is 0 Å². The maximum Gasteiger partial charge on any atom is 0.112 e. The van der Waals surface area contributed by atoms with E-state index in [2.05, 4.69) is 27.6 Å². The van der Waals surface area contributed by atoms with E-state index in [1.54, 1.807) is 0 Å². The van der Waals surface area contributed by atoms with Crippen molar-refractivity contribution in [2.45, 2.75) is 13.0 Å². The van der Waals surface area contributed by atoms with Gasteiger partial charge in [-0.3, -0.25) is 10.4 Å². The second-order valence-electron chi connectivity index (χ2n) is 4.15. The molecule has 3 rings (SSSR count). The smallest absolute Gasteiger partial charge is 0.112 e. The fraction of sp³-hybridized carbons (Fsp3) is 0.143. The number of aryl methyl sites for hydroxylation is 1. The van der Waals surface area contributed by atoms with Crippen LogP contribution in [0.1, 0.15) is 28.6 Å². The Balaban J connectivity index is 2.09. The van der Waals surface area contributed by atoms with E-state index in [9.17, 15) is 0 Å². The topological polar surface area (TPSA) is 37.3 Å². The van der Waals surface area contributed by atoms with E-state index in [1.165, 1.54) is 5.56 Å². The Morgan fingerprint density at radius 3 is 2.82 bits per heavy atom. The van der Waals surface area contributed by atoms with Gasteiger partial charge in [0.15, 0.2) is 0 Å². The molecule has 0 amide bonds. The molecule has 1 atom stereocenters. The molecule has 0 bridgehead atoms. The molecule has 0 aliphatic carbocycles. The van der Waals surface area contributed by atoms with E-state index >= 15 is 0 Å². The van der Waals surface area contributed by atoms with Crippen LogP contribution in [0.25, 0.3) is 0 Å². The van der Waals surface area contributed by atoms with Gasteiger partial charge in [-0.05, 0) is 24.6 Å². The number of benzene rings is 1. The maximum atomic E-state index is 4.56. The van der Waals surface area contributed by atoms with Gasteiger partial charge in [-0.1, -0.05) is 30.3 Å². The molecule has 0 saturated heterocycles. The van der Waals surface area contributed by atoms with Crippen LogP contribution in [0.4, 0.5) is 0 Å². The van der Waals surface area contributed by atoms with Gasteiger partial charge in [-0.15, -0.1) is 0 Å². The van der Waals surface area contributed by atoms with Crippen LogP contribution >= 0.6 is 0 Å². The van der Waals surface area contributed by atoms with Crippen LogP contribution in [0.5, 0.6) is 0 Å². The fourth-order valence-corrected chi connectivity index (χ4v) is 2.09. The van der Waals surface area contributed by atoms with Gasteiger partial charge < -0.3 is 0 Å². The number of hydrogen-bond donors (Lipinski definition) is 1. The lowest BCUT2D eigenvalue weighted by Gasteiger charge is -2.22. The zero-order chi connectivity index (χ0) is 11.7. The summed E-state index contributed by atoms with van der Waals surface area (Å²) < 4.78 is 0. The van der Waals surface area contributed by atoms with E-state index in [0.717, 1.165) is 17.0 Å². The molecule has 1 aromatic heterocycles. The summed E-state index contributed by atoms with van der Waals surface area (Å²) in [6.45, 7) is 2.00. The predicted molar refractivity (Wildman–Crippen MR) is 68.0 cm³/mol. The average molecular weight is 223 g/mol. The van der Waals surface area contributed by atoms with E-state index in [-0.39, 0.29) is 6.04 Å². The molecular weight excluding hydrogens is 210 g/mol. The SMILES string of the molecule is Cc1cccc(C2NN=Cc3ccccc32)n1. The van der Waals surface area contributed by atoms with Gasteiger partial charge in [-0.25, -0.2) is 0 Å². The van der Waals surface area contributed by atoms with Crippen molar-refractivity contribution in [3.05, 3.63) is 65.0 Å². The van der Waals surface area contributed by atoms with Crippen molar-refractivity contribution in [1.82, 2.24) is 10.4 Å². The second-order valence-corrected chi connectivity index (χ2v) is 4.15. The van der Waals surface area contributed by atoms with Crippen molar-refractivity contribution >= 4 is 6.21 Å². The number of pyridine rings is 1. The van der Waals surface area contributed by atoms with Gasteiger partial charge in [0.1, 0.15) is 6.04 Å². The molecule has 0 radical (unpaired) electrons. The number of nitrogens with zero attached hydrogens (tertiary/aromatic N) is 2. The fourth-order valence-electron chi connectivity index (χ4n) is 2.09. The summed E-state index contributed by atoms with van der Waals surface area (Å²) in [7, 11) is 0. The molecule has 1 aliphatic heterocycles. The second kappa shape index (κ2) is 4.01. The molecule has 0 spiro atoms. The van der Waals surface area contributed by atoms with Gasteiger partial charge in [-0.2, -0.15) is 5.10 Å². The summed E-state index contributed by atoms with van der Waals surface area (Å²) in [5.74, 6) is 0. The quantitative estimate of drug-likeness (QED) is 0.806. The molecule has 1 aliphatic rings. The molecule has 1 unspecified atom stereocenters. The minimum Gasteiger partial charge on any atom is -0.296 e. The number of aromatic nitrogens is 1. The summed E-state index contributed by atoms with van der Waals surface area (Å²) in [6, 6.07) is 14.4. The lowest BCUT2D eigenvalue weighted by Crippen LogP contribution is -2.23. The summed E-state index contributed by atoms with van der Waals surface area (Å²) >= 11 is 0. The van der Waals surface area contributed by atoms with Crippen molar-refractivity contribution in [3.63, 3.8) is 0 Å². The van der Waals surface area contributed by atoms with Gasteiger partial charge in [0, 0.05) is 11.3 Å². The highest BCUT2D eigenvalue weighted by Crippen LogP contribution is 2.25. The minimum absolute atomic E-state index is 0.0519. The van der Waals surface area contributed by atoms with Crippen LogP contribution in [0.2, 0.25) is 0 Å². The zero-order valence-electron chi connectivity index (χ0n) is 9.59. The summed E-state index contributed by atoms with van der Waals surface area (Å²) in [4.78, 5) is 4.56. The Morgan fingerprint density at radius 2 is 1.94 bits per heavy atom. The Hall–Kier alpha value is -2.16. The van der Waals surface area contributed by atoms with Gasteiger partial charge in [0.25, 0.3) is 0 Å². The highest BCUT2D eigenvalue weighted by Gasteiger charge is 2.19. The highest BCUT2D eigenvalue weighted by atomic mass is 15.3. The van der Waals surface area contributed by atoms with Crippen LogP contribution in [-0.2, 0) is 0 Å². The molecule has 1 N–H and O–H groups in total. The molecule has 2 heterocycles. The van der Waals surface area contributed by atoms with E-state index in [1.807, 2.05) is 43.5 Å². The van der Waals surface area contributed by atoms with E-state index in [0.29, 0.717) is 0 Å². The van der Waals surface area contributed by atoms with Crippen LogP contribution in [0.15, 0.2) is 47.6 Å². The molecule has 17 heavy (non-hydrogen) atoms. The summed E-state index contributed by atoms with van der Waals surface area (Å²) in [5, 5.41) is 4.19. The molecule has 3 nitrogen and oxygen atoms in total. The lowest BCUT2D eigenvalue weighted by molar-refractivity contribution is 0.614. The largest absolute Gasteiger partial charge is 0.296 e. The summed E-state index contributed by atoms with van der Waals surface area (Å²) in [5.41, 5.74) is 7.53. The van der Waals surface area contributed by atoms with Crippen LogP contribution in [0.3, 0.4) is 0 Å². The third-order valence-electron chi connectivity index (χ3n) is 2.92. The number of hydrazone groups is 1. The molecule has 0 fully saturated rings. The van der Waals surface area contributed by atoms with Crippen molar-refractivity contribution in [2.24, 2.45) is 5.10 Å². The standard InChI is InChI=1S/C14H13N3/c1-10-5-4-8-13(16-10)14-12-7-3-2-6-11(12)9-15-17-14/h2-9,14,17H,1H3. The van der Waals surface area contributed by atoms with Crippen molar-refractivity contribution in [2.75, 3.05) is 0 Å². The molecule has 2 aromatic rings. The molecular formula is C14H13N3. The number of hydrogen-bond acceptors (Lipinski definition) is 3. The first kappa shape index (κ1) is 10.0. The Morgan fingerprint density at radius 1 is 1.06 bits per heavy atom. The van der Waals surface area contributed by atoms with Crippen LogP contribution < -0.4 is 5.43 Å². The van der Waals surface area contributed by atoms with Crippen LogP contribution in [-0.4, -0.2) is 11.2 Å². The number of rotatable bonds is 1. The van der Waals surface area contributed by atoms with Gasteiger partial charge in [0.05, 0.1) is 11.9 Å². The third-order valence-corrected chi connectivity index (χ3v) is 2.92. The first-order valence-electron chi connectivity index (χ1n) is 5.66. The molecule has 84 valence electrons. The van der Waals surface area contributed by atoms with Gasteiger partial charge in [0.2, 0.25) is 0 Å². The predicted octanol–water partition coefficient (Wildman–Crippen LogP) is 2.42. The van der Waals surface area contributed by atoms with Crippen molar-refractivity contribution in [3.8, 4) is 0 Å². The van der Waals surface area contributed by atoms with E-state index < -0.39 is 0 Å². The average Bonchev–Trinajstić information content (AvgIpc) is 2.38. The van der Waals surface area contributed by atoms with Crippen molar-refractivity contribution in [1.29, 1.82) is 0 Å². The maximum absolute atomic E-state index is 4.56. The molecule has 3 heteroatoms. The normalized spacial score (nSPS) is 17.4. The molecule has 1 aromatic carbocycles. The Kier molecular flexibility index (Phi) is 2.37. The number of fused-ring (bicyclic) bond motifs is 1. The monoisotopic (exact) mass is 223 g/mol. The highest BCUT2D eigenvalue weighted by molar-refractivity contribution is 5.83. The Bertz CT molecular complexity index is 575.